The van der Waals surface area contributed by atoms with Crippen molar-refractivity contribution in [2.75, 3.05) is 0 Å². The summed E-state index contributed by atoms with van der Waals surface area (Å²) in [6, 6.07) is 7.73. The van der Waals surface area contributed by atoms with E-state index in [1.807, 2.05) is 0 Å². The van der Waals surface area contributed by atoms with E-state index in [0.717, 1.165) is 22.9 Å². The number of imidazole rings is 1. The molecule has 0 aliphatic rings. The van der Waals surface area contributed by atoms with Gasteiger partial charge in [0.1, 0.15) is 0 Å². The number of carboxylic acid groups (broad SMARTS) is 1. The topological polar surface area (TPSA) is 117 Å². The van der Waals surface area contributed by atoms with Crippen molar-refractivity contribution in [3.8, 4) is 11.4 Å². The minimum Gasteiger partial charge on any atom is -0.449 e. The van der Waals surface area contributed by atoms with Crippen molar-refractivity contribution in [3.05, 3.63) is 90.6 Å². The molecule has 0 radical (unpaired) electrons. The van der Waals surface area contributed by atoms with Crippen molar-refractivity contribution < 1.29 is 27.8 Å². The fraction of sp³-hybridized carbons (Fsp3) is 0.280. The molecule has 0 bridgehead atoms. The lowest BCUT2D eigenvalue weighted by molar-refractivity contribution is -0.138. The monoisotopic (exact) mass is 532 g/mol. The highest BCUT2D eigenvalue weighted by atomic mass is 19.4. The molecular formula is C25H23F3N4O6. The van der Waals surface area contributed by atoms with Gasteiger partial charge in [-0.3, -0.25) is 23.1 Å². The summed E-state index contributed by atoms with van der Waals surface area (Å²) in [5.41, 5.74) is -2.24. The smallest absolute Gasteiger partial charge is 0.449 e. The second-order valence-corrected chi connectivity index (χ2v) is 8.97. The van der Waals surface area contributed by atoms with E-state index in [4.69, 9.17) is 5.11 Å². The van der Waals surface area contributed by atoms with Gasteiger partial charge in [-0.25, -0.2) is 14.4 Å². The Kier molecular flexibility index (Phi) is 6.55. The van der Waals surface area contributed by atoms with Crippen LogP contribution in [0.2, 0.25) is 0 Å². The summed E-state index contributed by atoms with van der Waals surface area (Å²) in [4.78, 5) is 50.4. The van der Waals surface area contributed by atoms with E-state index in [1.165, 1.54) is 34.3 Å². The molecule has 4 rings (SSSR count). The lowest BCUT2D eigenvalue weighted by atomic mass is 10.0. The van der Waals surface area contributed by atoms with Crippen LogP contribution >= 0.6 is 0 Å². The van der Waals surface area contributed by atoms with Gasteiger partial charge in [-0.05, 0) is 56.2 Å². The third-order valence-corrected chi connectivity index (χ3v) is 6.28. The van der Waals surface area contributed by atoms with E-state index in [0.29, 0.717) is 15.6 Å². The molecule has 13 heteroatoms. The number of carbonyl (C=O) groups is 1. The number of nitrogens with zero attached hydrogens (tertiary/aromatic N) is 4. The molecule has 4 aromatic rings. The first-order chi connectivity index (χ1) is 17.7. The van der Waals surface area contributed by atoms with Gasteiger partial charge < -0.3 is 9.84 Å². The highest BCUT2D eigenvalue weighted by Crippen LogP contribution is 2.33. The van der Waals surface area contributed by atoms with Crippen LogP contribution in [0, 0.1) is 6.92 Å². The normalized spacial score (nSPS) is 11.9. The fourth-order valence-electron chi connectivity index (χ4n) is 4.40. The molecule has 1 N–H and O–H groups in total. The first kappa shape index (κ1) is 26.5. The summed E-state index contributed by atoms with van der Waals surface area (Å²) < 4.78 is 49.3. The zero-order chi connectivity index (χ0) is 28.1. The lowest BCUT2D eigenvalue weighted by Crippen LogP contribution is -2.40. The van der Waals surface area contributed by atoms with E-state index >= 15 is 0 Å². The van der Waals surface area contributed by atoms with Crippen LogP contribution in [-0.2, 0) is 19.8 Å². The van der Waals surface area contributed by atoms with Gasteiger partial charge in [-0.2, -0.15) is 13.2 Å². The van der Waals surface area contributed by atoms with E-state index in [9.17, 15) is 32.3 Å². The van der Waals surface area contributed by atoms with Gasteiger partial charge in [0.25, 0.3) is 5.56 Å². The summed E-state index contributed by atoms with van der Waals surface area (Å²) in [5, 5.41) is 9.12. The third kappa shape index (κ3) is 4.51. The zero-order valence-electron chi connectivity index (χ0n) is 20.7. The van der Waals surface area contributed by atoms with Crippen molar-refractivity contribution >= 4 is 17.2 Å². The van der Waals surface area contributed by atoms with Gasteiger partial charge in [-0.15, -0.1) is 0 Å². The first-order valence-electron chi connectivity index (χ1n) is 11.4. The van der Waals surface area contributed by atoms with Crippen LogP contribution in [0.5, 0.6) is 5.75 Å². The molecule has 0 saturated carbocycles. The standard InChI is InChI=1S/C25H23F3N4O6/c1-13(2)32-19-10-16(8-9-18(19)29(4)22(32)34)30-12-20(38-24(36)37)21(33)31(23(30)35)11-15-6-5-7-17(14(15)3)25(26,27)28/h5-10,12-13H,11H2,1-4H3,(H,36,37). The van der Waals surface area contributed by atoms with Crippen LogP contribution in [0.1, 0.15) is 36.6 Å². The van der Waals surface area contributed by atoms with Crippen LogP contribution in [0.15, 0.2) is 57.0 Å². The maximum absolute atomic E-state index is 13.5. The lowest BCUT2D eigenvalue weighted by Gasteiger charge is -2.16. The van der Waals surface area contributed by atoms with Crippen molar-refractivity contribution in [2.45, 2.75) is 39.5 Å². The summed E-state index contributed by atoms with van der Waals surface area (Å²) in [6.07, 6.45) is -5.58. The van der Waals surface area contributed by atoms with Crippen LogP contribution in [0.3, 0.4) is 0 Å². The number of benzene rings is 2. The molecule has 2 aromatic heterocycles. The molecule has 0 atom stereocenters. The Morgan fingerprint density at radius 2 is 1.74 bits per heavy atom. The molecule has 0 spiro atoms. The summed E-state index contributed by atoms with van der Waals surface area (Å²) in [7, 11) is 1.59. The van der Waals surface area contributed by atoms with Gasteiger partial charge in [-0.1, -0.05) is 12.1 Å². The first-order valence-corrected chi connectivity index (χ1v) is 11.4. The van der Waals surface area contributed by atoms with E-state index in [2.05, 4.69) is 4.74 Å². The maximum Gasteiger partial charge on any atom is 0.511 e. The van der Waals surface area contributed by atoms with E-state index in [1.54, 1.807) is 27.0 Å². The number of aryl methyl sites for hydroxylation is 1. The van der Waals surface area contributed by atoms with Crippen LogP contribution in [0.4, 0.5) is 18.0 Å². The molecule has 0 saturated heterocycles. The molecule has 38 heavy (non-hydrogen) atoms. The number of hydrogen-bond acceptors (Lipinski definition) is 5. The molecule has 0 aliphatic heterocycles. The summed E-state index contributed by atoms with van der Waals surface area (Å²) in [5.74, 6) is -0.726. The minimum atomic E-state index is -4.66. The van der Waals surface area contributed by atoms with Gasteiger partial charge in [0, 0.05) is 13.1 Å². The van der Waals surface area contributed by atoms with Crippen LogP contribution in [-0.4, -0.2) is 29.5 Å². The second kappa shape index (κ2) is 9.39. The Labute approximate surface area is 212 Å². The molecule has 0 unspecified atom stereocenters. The fourth-order valence-corrected chi connectivity index (χ4v) is 4.40. The number of hydrogen-bond donors (Lipinski definition) is 1. The Bertz CT molecular complexity index is 1760. The predicted octanol–water partition coefficient (Wildman–Crippen LogP) is 3.67. The molecule has 200 valence electrons. The molecule has 2 heterocycles. The predicted molar refractivity (Wildman–Crippen MR) is 131 cm³/mol. The quantitative estimate of drug-likeness (QED) is 0.392. The Hall–Kier alpha value is -4.55. The van der Waals surface area contributed by atoms with Crippen molar-refractivity contribution in [2.24, 2.45) is 7.05 Å². The van der Waals surface area contributed by atoms with Gasteiger partial charge in [0.2, 0.25) is 5.75 Å². The molecule has 0 fully saturated rings. The second-order valence-electron chi connectivity index (χ2n) is 8.97. The largest absolute Gasteiger partial charge is 0.511 e. The average Bonchev–Trinajstić information content (AvgIpc) is 3.07. The van der Waals surface area contributed by atoms with Crippen LogP contribution in [0.25, 0.3) is 16.7 Å². The average molecular weight is 532 g/mol. The van der Waals surface area contributed by atoms with Gasteiger partial charge >= 0.3 is 23.7 Å². The zero-order valence-corrected chi connectivity index (χ0v) is 20.7. The third-order valence-electron chi connectivity index (χ3n) is 6.28. The van der Waals surface area contributed by atoms with Crippen molar-refractivity contribution in [3.63, 3.8) is 0 Å². The summed E-state index contributed by atoms with van der Waals surface area (Å²) in [6.45, 7) is 4.24. The van der Waals surface area contributed by atoms with E-state index < -0.39 is 41.4 Å². The highest BCUT2D eigenvalue weighted by Gasteiger charge is 2.33. The number of alkyl halides is 3. The highest BCUT2D eigenvalue weighted by molar-refractivity contribution is 5.78. The Morgan fingerprint density at radius 1 is 1.05 bits per heavy atom. The maximum atomic E-state index is 13.5. The summed E-state index contributed by atoms with van der Waals surface area (Å²) >= 11 is 0. The van der Waals surface area contributed by atoms with Gasteiger partial charge in [0.05, 0.1) is 35.0 Å². The van der Waals surface area contributed by atoms with Crippen LogP contribution < -0.4 is 21.7 Å². The van der Waals surface area contributed by atoms with E-state index in [-0.39, 0.29) is 28.5 Å². The Balaban J connectivity index is 1.97. The van der Waals surface area contributed by atoms with Crippen molar-refractivity contribution in [1.29, 1.82) is 0 Å². The molecular weight excluding hydrogens is 509 g/mol. The SMILES string of the molecule is Cc1c(Cn2c(=O)c(OC(=O)O)cn(-c3ccc4c(c3)n(C(C)C)c(=O)n4C)c2=O)cccc1C(F)(F)F. The number of halogens is 3. The minimum absolute atomic E-state index is 0.0326. The number of fused-ring (bicyclic) bond motifs is 1. The molecule has 0 amide bonds. The number of ether oxygens (including phenoxy) is 1. The number of rotatable bonds is 5. The molecule has 2 aromatic carbocycles. The molecule has 0 aliphatic carbocycles. The van der Waals surface area contributed by atoms with Gasteiger partial charge in [0.15, 0.2) is 0 Å². The Morgan fingerprint density at radius 3 is 2.34 bits per heavy atom. The molecule has 10 nitrogen and oxygen atoms in total. The number of aromatic nitrogens is 4. The van der Waals surface area contributed by atoms with Crippen molar-refractivity contribution in [1.82, 2.24) is 18.3 Å².